The molecule has 0 atom stereocenters. The predicted molar refractivity (Wildman–Crippen MR) is 94.6 cm³/mol. The monoisotopic (exact) mass is 286 g/mol. The number of aromatic hydroxyl groups is 1. The molecule has 0 saturated carbocycles. The van der Waals surface area contributed by atoms with Gasteiger partial charge in [-0.1, -0.05) is 69.4 Å². The summed E-state index contributed by atoms with van der Waals surface area (Å²) in [5.41, 5.74) is 3.46. The fraction of sp³-hybridized carbons (Fsp3) is 0.500. The first-order valence-electron chi connectivity index (χ1n) is 8.34. The normalized spacial score (nSPS) is 11.8. The lowest BCUT2D eigenvalue weighted by molar-refractivity contribution is 0.465. The van der Waals surface area contributed by atoms with E-state index in [-0.39, 0.29) is 0 Å². The summed E-state index contributed by atoms with van der Waals surface area (Å²) >= 11 is 0. The average Bonchev–Trinajstić information content (AvgIpc) is 2.48. The Labute approximate surface area is 130 Å². The Morgan fingerprint density at radius 3 is 2.24 bits per heavy atom. The molecule has 0 radical (unpaired) electrons. The zero-order chi connectivity index (χ0) is 15.5. The van der Waals surface area contributed by atoms with Gasteiger partial charge in [0.25, 0.3) is 0 Å². The fourth-order valence-electron chi connectivity index (χ4n) is 2.70. The quantitative estimate of drug-likeness (QED) is 0.523. The second-order valence-electron chi connectivity index (χ2n) is 5.58. The van der Waals surface area contributed by atoms with Crippen molar-refractivity contribution in [3.63, 3.8) is 0 Å². The molecule has 0 saturated heterocycles. The van der Waals surface area contributed by atoms with Crippen LogP contribution in [0.4, 0.5) is 0 Å². The van der Waals surface area contributed by atoms with E-state index >= 15 is 0 Å². The van der Waals surface area contributed by atoms with Crippen LogP contribution < -0.4 is 0 Å². The van der Waals surface area contributed by atoms with Gasteiger partial charge in [-0.3, -0.25) is 0 Å². The molecule has 0 aliphatic carbocycles. The molecule has 0 fully saturated rings. The number of benzene rings is 1. The standard InChI is InChI=1S/C20H30O/c1-4-7-8-9-10-11-14-19-18(13-6-3)17(12-5-2)15-16-20(19)21/h5-6,12-13,15-16,21H,4,7-11,14H2,1-3H3/b12-5-,13-6-. The van der Waals surface area contributed by atoms with Gasteiger partial charge in [-0.15, -0.1) is 0 Å². The smallest absolute Gasteiger partial charge is 0.119 e. The minimum atomic E-state index is 0.435. The first kappa shape index (κ1) is 17.6. The molecule has 0 aliphatic rings. The summed E-state index contributed by atoms with van der Waals surface area (Å²) in [6.07, 6.45) is 17.0. The molecule has 116 valence electrons. The van der Waals surface area contributed by atoms with E-state index in [2.05, 4.69) is 19.1 Å². The molecule has 0 unspecified atom stereocenters. The maximum Gasteiger partial charge on any atom is 0.119 e. The highest BCUT2D eigenvalue weighted by atomic mass is 16.3. The van der Waals surface area contributed by atoms with Crippen molar-refractivity contribution in [2.24, 2.45) is 0 Å². The molecule has 0 aliphatic heterocycles. The number of phenolic OH excluding ortho intramolecular Hbond substituents is 1. The minimum absolute atomic E-state index is 0.435. The Bertz CT molecular complexity index is 469. The van der Waals surface area contributed by atoms with E-state index in [4.69, 9.17) is 0 Å². The van der Waals surface area contributed by atoms with E-state index < -0.39 is 0 Å². The number of hydrogen-bond acceptors (Lipinski definition) is 1. The van der Waals surface area contributed by atoms with Gasteiger partial charge in [0.2, 0.25) is 0 Å². The van der Waals surface area contributed by atoms with Crippen LogP contribution in [0.1, 0.15) is 76.0 Å². The van der Waals surface area contributed by atoms with E-state index in [1.54, 1.807) is 0 Å². The summed E-state index contributed by atoms with van der Waals surface area (Å²) in [7, 11) is 0. The van der Waals surface area contributed by atoms with Gasteiger partial charge < -0.3 is 5.11 Å². The van der Waals surface area contributed by atoms with Crippen molar-refractivity contribution in [1.82, 2.24) is 0 Å². The summed E-state index contributed by atoms with van der Waals surface area (Å²) in [6, 6.07) is 3.82. The first-order chi connectivity index (χ1) is 10.2. The number of rotatable bonds is 9. The van der Waals surface area contributed by atoms with E-state index in [1.807, 2.05) is 38.1 Å². The Morgan fingerprint density at radius 2 is 1.57 bits per heavy atom. The zero-order valence-electron chi connectivity index (χ0n) is 13.9. The molecule has 0 bridgehead atoms. The lowest BCUT2D eigenvalue weighted by atomic mass is 9.94. The van der Waals surface area contributed by atoms with Gasteiger partial charge in [0, 0.05) is 5.56 Å². The van der Waals surface area contributed by atoms with Crippen LogP contribution >= 0.6 is 0 Å². The summed E-state index contributed by atoms with van der Waals surface area (Å²) in [4.78, 5) is 0. The Kier molecular flexibility index (Phi) is 8.57. The summed E-state index contributed by atoms with van der Waals surface area (Å²) in [6.45, 7) is 6.30. The van der Waals surface area contributed by atoms with E-state index in [0.717, 1.165) is 18.4 Å². The Balaban J connectivity index is 2.77. The molecule has 0 heterocycles. The Hall–Kier alpha value is -1.50. The molecule has 0 amide bonds. The lowest BCUT2D eigenvalue weighted by Crippen LogP contribution is -1.94. The second-order valence-corrected chi connectivity index (χ2v) is 5.58. The zero-order valence-corrected chi connectivity index (χ0v) is 13.9. The van der Waals surface area contributed by atoms with Crippen molar-refractivity contribution in [2.45, 2.75) is 65.7 Å². The fourth-order valence-corrected chi connectivity index (χ4v) is 2.70. The van der Waals surface area contributed by atoms with Crippen molar-refractivity contribution >= 4 is 12.2 Å². The van der Waals surface area contributed by atoms with Gasteiger partial charge in [-0.25, -0.2) is 0 Å². The van der Waals surface area contributed by atoms with Crippen molar-refractivity contribution < 1.29 is 5.11 Å². The van der Waals surface area contributed by atoms with Crippen LogP contribution in [-0.4, -0.2) is 5.11 Å². The summed E-state index contributed by atoms with van der Waals surface area (Å²) < 4.78 is 0. The molecule has 1 N–H and O–H groups in total. The lowest BCUT2D eigenvalue weighted by Gasteiger charge is -2.12. The number of unbranched alkanes of at least 4 members (excludes halogenated alkanes) is 5. The third-order valence-electron chi connectivity index (χ3n) is 3.83. The van der Waals surface area contributed by atoms with Crippen LogP contribution in [0.15, 0.2) is 24.3 Å². The van der Waals surface area contributed by atoms with Crippen LogP contribution in [0.2, 0.25) is 0 Å². The van der Waals surface area contributed by atoms with Crippen LogP contribution in [0.25, 0.3) is 12.2 Å². The molecular weight excluding hydrogens is 256 g/mol. The highest BCUT2D eigenvalue weighted by Gasteiger charge is 2.09. The van der Waals surface area contributed by atoms with Crippen LogP contribution in [0.3, 0.4) is 0 Å². The van der Waals surface area contributed by atoms with Gasteiger partial charge in [0.05, 0.1) is 0 Å². The second kappa shape index (κ2) is 10.3. The van der Waals surface area contributed by atoms with Gasteiger partial charge in [0.1, 0.15) is 5.75 Å². The van der Waals surface area contributed by atoms with Gasteiger partial charge in [-0.05, 0) is 43.9 Å². The molecule has 21 heavy (non-hydrogen) atoms. The van der Waals surface area contributed by atoms with Crippen molar-refractivity contribution in [3.05, 3.63) is 41.0 Å². The minimum Gasteiger partial charge on any atom is -0.508 e. The summed E-state index contributed by atoms with van der Waals surface area (Å²) in [5, 5.41) is 10.2. The molecule has 1 heteroatoms. The summed E-state index contributed by atoms with van der Waals surface area (Å²) in [5.74, 6) is 0.435. The third kappa shape index (κ3) is 5.79. The largest absolute Gasteiger partial charge is 0.508 e. The Morgan fingerprint density at radius 1 is 0.905 bits per heavy atom. The molecule has 1 aromatic rings. The first-order valence-corrected chi connectivity index (χ1v) is 8.34. The van der Waals surface area contributed by atoms with Crippen LogP contribution in [0.5, 0.6) is 5.75 Å². The van der Waals surface area contributed by atoms with Gasteiger partial charge >= 0.3 is 0 Å². The maximum atomic E-state index is 10.2. The molecule has 1 aromatic carbocycles. The van der Waals surface area contributed by atoms with E-state index in [9.17, 15) is 5.11 Å². The average molecular weight is 286 g/mol. The number of phenols is 1. The maximum absolute atomic E-state index is 10.2. The van der Waals surface area contributed by atoms with E-state index in [0.29, 0.717) is 5.75 Å². The highest BCUT2D eigenvalue weighted by Crippen LogP contribution is 2.29. The topological polar surface area (TPSA) is 20.2 Å². The van der Waals surface area contributed by atoms with E-state index in [1.165, 1.54) is 43.2 Å². The number of hydrogen-bond donors (Lipinski definition) is 1. The molecular formula is C20H30O. The number of allylic oxidation sites excluding steroid dienone is 2. The third-order valence-corrected chi connectivity index (χ3v) is 3.83. The van der Waals surface area contributed by atoms with Crippen molar-refractivity contribution in [3.8, 4) is 5.75 Å². The highest BCUT2D eigenvalue weighted by molar-refractivity contribution is 5.70. The molecule has 0 aromatic heterocycles. The van der Waals surface area contributed by atoms with Crippen molar-refractivity contribution in [2.75, 3.05) is 0 Å². The predicted octanol–water partition coefficient (Wildman–Crippen LogP) is 6.36. The van der Waals surface area contributed by atoms with Gasteiger partial charge in [0.15, 0.2) is 0 Å². The SMILES string of the molecule is C/C=C\c1ccc(O)c(CCCCCCCC)c1/C=C\C. The van der Waals surface area contributed by atoms with Gasteiger partial charge in [-0.2, -0.15) is 0 Å². The molecule has 1 rings (SSSR count). The molecule has 0 spiro atoms. The van der Waals surface area contributed by atoms with Crippen molar-refractivity contribution in [1.29, 1.82) is 0 Å². The molecule has 1 nitrogen and oxygen atoms in total. The van der Waals surface area contributed by atoms with Crippen LogP contribution in [-0.2, 0) is 6.42 Å². The van der Waals surface area contributed by atoms with Crippen LogP contribution in [0, 0.1) is 0 Å².